The third kappa shape index (κ3) is 2.76. The van der Waals surface area contributed by atoms with Gasteiger partial charge in [0.05, 0.1) is 11.5 Å². The summed E-state index contributed by atoms with van der Waals surface area (Å²) in [5, 5.41) is 3.17. The lowest BCUT2D eigenvalue weighted by atomic mass is 10.1. The molecule has 2 rings (SSSR count). The van der Waals surface area contributed by atoms with E-state index in [1.807, 2.05) is 7.05 Å². The summed E-state index contributed by atoms with van der Waals surface area (Å²) in [5.41, 5.74) is 0.411. The Kier molecular flexibility index (Phi) is 4.10. The Hall–Kier alpha value is -1.68. The molecule has 1 saturated carbocycles. The Bertz CT molecular complexity index is 444. The number of para-hydroxylation sites is 1. The summed E-state index contributed by atoms with van der Waals surface area (Å²) in [4.78, 5) is 22.8. The highest BCUT2D eigenvalue weighted by molar-refractivity contribution is 5.83. The van der Waals surface area contributed by atoms with Gasteiger partial charge in [0, 0.05) is 6.04 Å². The Labute approximate surface area is 106 Å². The van der Waals surface area contributed by atoms with Crippen molar-refractivity contribution >= 4 is 12.3 Å². The maximum atomic E-state index is 12.0. The van der Waals surface area contributed by atoms with Gasteiger partial charge in [-0.05, 0) is 38.4 Å². The standard InChI is InChI=1S/C14H17NO3/c1-15-12-7-6-10(8-12)14(17)18-13-5-3-2-4-11(13)9-16/h2-5,9-10,12,15H,6-8H2,1H3. The van der Waals surface area contributed by atoms with Gasteiger partial charge in [-0.1, -0.05) is 12.1 Å². The minimum atomic E-state index is -0.234. The summed E-state index contributed by atoms with van der Waals surface area (Å²) in [5.74, 6) is 0.0506. The summed E-state index contributed by atoms with van der Waals surface area (Å²) in [6.07, 6.45) is 3.34. The number of ether oxygens (including phenoxy) is 1. The predicted octanol–water partition coefficient (Wildman–Crippen LogP) is 1.79. The lowest BCUT2D eigenvalue weighted by molar-refractivity contribution is -0.138. The molecule has 0 radical (unpaired) electrons. The minimum Gasteiger partial charge on any atom is -0.426 e. The van der Waals surface area contributed by atoms with Crippen LogP contribution < -0.4 is 10.1 Å². The first kappa shape index (κ1) is 12.8. The van der Waals surface area contributed by atoms with Crippen LogP contribution in [0.2, 0.25) is 0 Å². The summed E-state index contributed by atoms with van der Waals surface area (Å²) < 4.78 is 5.32. The molecule has 4 heteroatoms. The monoisotopic (exact) mass is 247 g/mol. The molecule has 0 amide bonds. The van der Waals surface area contributed by atoms with E-state index in [1.54, 1.807) is 24.3 Å². The molecule has 1 aromatic rings. The van der Waals surface area contributed by atoms with Gasteiger partial charge >= 0.3 is 5.97 Å². The second kappa shape index (κ2) is 5.78. The molecule has 0 bridgehead atoms. The van der Waals surface area contributed by atoms with Gasteiger partial charge in [0.15, 0.2) is 6.29 Å². The summed E-state index contributed by atoms with van der Waals surface area (Å²) in [6.45, 7) is 0. The van der Waals surface area contributed by atoms with E-state index in [9.17, 15) is 9.59 Å². The van der Waals surface area contributed by atoms with E-state index < -0.39 is 0 Å². The average molecular weight is 247 g/mol. The molecule has 1 fully saturated rings. The molecule has 2 atom stereocenters. The van der Waals surface area contributed by atoms with E-state index in [4.69, 9.17) is 4.74 Å². The first-order valence-corrected chi connectivity index (χ1v) is 6.17. The average Bonchev–Trinajstić information content (AvgIpc) is 2.88. The molecule has 1 aliphatic rings. The van der Waals surface area contributed by atoms with E-state index in [2.05, 4.69) is 5.32 Å². The Morgan fingerprint density at radius 1 is 1.39 bits per heavy atom. The van der Waals surface area contributed by atoms with E-state index in [0.717, 1.165) is 19.3 Å². The number of hydrogen-bond acceptors (Lipinski definition) is 4. The molecule has 18 heavy (non-hydrogen) atoms. The van der Waals surface area contributed by atoms with Crippen molar-refractivity contribution in [2.24, 2.45) is 5.92 Å². The Balaban J connectivity index is 2.01. The van der Waals surface area contributed by atoms with Gasteiger partial charge < -0.3 is 10.1 Å². The fraction of sp³-hybridized carbons (Fsp3) is 0.429. The van der Waals surface area contributed by atoms with Crippen molar-refractivity contribution in [1.82, 2.24) is 5.32 Å². The quantitative estimate of drug-likeness (QED) is 0.500. The van der Waals surface area contributed by atoms with Crippen LogP contribution in [0, 0.1) is 5.92 Å². The minimum absolute atomic E-state index is 0.0674. The fourth-order valence-corrected chi connectivity index (χ4v) is 2.32. The van der Waals surface area contributed by atoms with Crippen LogP contribution in [0.1, 0.15) is 29.6 Å². The van der Waals surface area contributed by atoms with Crippen molar-refractivity contribution in [2.75, 3.05) is 7.05 Å². The van der Waals surface area contributed by atoms with Gasteiger partial charge in [-0.25, -0.2) is 0 Å². The maximum Gasteiger partial charge on any atom is 0.314 e. The highest BCUT2D eigenvalue weighted by Crippen LogP contribution is 2.27. The summed E-state index contributed by atoms with van der Waals surface area (Å²) >= 11 is 0. The number of hydrogen-bond donors (Lipinski definition) is 1. The molecule has 1 aromatic carbocycles. The number of rotatable bonds is 4. The van der Waals surface area contributed by atoms with Gasteiger partial charge in [0.25, 0.3) is 0 Å². The number of carbonyl (C=O) groups is 2. The van der Waals surface area contributed by atoms with E-state index >= 15 is 0 Å². The third-order valence-corrected chi connectivity index (χ3v) is 3.43. The van der Waals surface area contributed by atoms with Crippen molar-refractivity contribution < 1.29 is 14.3 Å². The molecule has 2 unspecified atom stereocenters. The van der Waals surface area contributed by atoms with Gasteiger partial charge in [0.2, 0.25) is 0 Å². The molecular formula is C14H17NO3. The van der Waals surface area contributed by atoms with Crippen LogP contribution in [0.3, 0.4) is 0 Å². The number of benzene rings is 1. The van der Waals surface area contributed by atoms with Crippen LogP contribution in [0.5, 0.6) is 5.75 Å². The second-order valence-electron chi connectivity index (χ2n) is 4.57. The molecule has 0 heterocycles. The van der Waals surface area contributed by atoms with Gasteiger partial charge in [0.1, 0.15) is 5.75 Å². The fourth-order valence-electron chi connectivity index (χ4n) is 2.32. The van der Waals surface area contributed by atoms with Crippen LogP contribution in [-0.4, -0.2) is 25.3 Å². The number of aldehydes is 1. The Morgan fingerprint density at radius 3 is 2.83 bits per heavy atom. The first-order chi connectivity index (χ1) is 8.74. The number of esters is 1. The van der Waals surface area contributed by atoms with Crippen LogP contribution in [0.15, 0.2) is 24.3 Å². The van der Waals surface area contributed by atoms with E-state index in [-0.39, 0.29) is 11.9 Å². The largest absolute Gasteiger partial charge is 0.426 e. The zero-order valence-electron chi connectivity index (χ0n) is 10.4. The smallest absolute Gasteiger partial charge is 0.314 e. The van der Waals surface area contributed by atoms with Crippen molar-refractivity contribution in [3.8, 4) is 5.75 Å². The predicted molar refractivity (Wildman–Crippen MR) is 67.7 cm³/mol. The lowest BCUT2D eigenvalue weighted by Crippen LogP contribution is -2.24. The van der Waals surface area contributed by atoms with E-state index in [0.29, 0.717) is 23.6 Å². The second-order valence-corrected chi connectivity index (χ2v) is 4.57. The van der Waals surface area contributed by atoms with E-state index in [1.165, 1.54) is 0 Å². The zero-order valence-corrected chi connectivity index (χ0v) is 10.4. The highest BCUT2D eigenvalue weighted by Gasteiger charge is 2.30. The van der Waals surface area contributed by atoms with Crippen LogP contribution in [-0.2, 0) is 4.79 Å². The molecule has 4 nitrogen and oxygen atoms in total. The van der Waals surface area contributed by atoms with Crippen molar-refractivity contribution in [2.45, 2.75) is 25.3 Å². The van der Waals surface area contributed by atoms with Gasteiger partial charge in [-0.3, -0.25) is 9.59 Å². The molecule has 1 N–H and O–H groups in total. The lowest BCUT2D eigenvalue weighted by Gasteiger charge is -2.11. The third-order valence-electron chi connectivity index (χ3n) is 3.43. The molecule has 0 saturated heterocycles. The molecule has 0 spiro atoms. The summed E-state index contributed by atoms with van der Waals surface area (Å²) in [6, 6.07) is 7.17. The summed E-state index contributed by atoms with van der Waals surface area (Å²) in [7, 11) is 1.90. The van der Waals surface area contributed by atoms with Crippen molar-refractivity contribution in [3.05, 3.63) is 29.8 Å². The topological polar surface area (TPSA) is 55.4 Å². The Morgan fingerprint density at radius 2 is 2.17 bits per heavy atom. The zero-order chi connectivity index (χ0) is 13.0. The maximum absolute atomic E-state index is 12.0. The van der Waals surface area contributed by atoms with Gasteiger partial charge in [-0.2, -0.15) is 0 Å². The molecule has 0 aromatic heterocycles. The SMILES string of the molecule is CNC1CCC(C(=O)Oc2ccccc2C=O)C1. The number of nitrogens with one attached hydrogen (secondary N) is 1. The van der Waals surface area contributed by atoms with Crippen LogP contribution >= 0.6 is 0 Å². The van der Waals surface area contributed by atoms with Crippen LogP contribution in [0.25, 0.3) is 0 Å². The molecule has 1 aliphatic carbocycles. The first-order valence-electron chi connectivity index (χ1n) is 6.17. The van der Waals surface area contributed by atoms with Crippen molar-refractivity contribution in [3.63, 3.8) is 0 Å². The highest BCUT2D eigenvalue weighted by atomic mass is 16.5. The normalized spacial score (nSPS) is 22.7. The molecule has 96 valence electrons. The van der Waals surface area contributed by atoms with Gasteiger partial charge in [-0.15, -0.1) is 0 Å². The molecule has 0 aliphatic heterocycles. The van der Waals surface area contributed by atoms with Crippen LogP contribution in [0.4, 0.5) is 0 Å². The van der Waals surface area contributed by atoms with Crippen molar-refractivity contribution in [1.29, 1.82) is 0 Å². The molecular weight excluding hydrogens is 230 g/mol. The number of carbonyl (C=O) groups excluding carboxylic acids is 2.